The van der Waals surface area contributed by atoms with Crippen molar-refractivity contribution < 1.29 is 41.7 Å². The van der Waals surface area contributed by atoms with E-state index in [2.05, 4.69) is 10.2 Å². The molecule has 222 valence electrons. The lowest BCUT2D eigenvalue weighted by atomic mass is 9.71. The van der Waals surface area contributed by atoms with Crippen molar-refractivity contribution in [2.45, 2.75) is 76.7 Å². The van der Waals surface area contributed by atoms with Crippen LogP contribution in [0, 0.1) is 11.3 Å². The van der Waals surface area contributed by atoms with Crippen LogP contribution in [0.2, 0.25) is 0 Å². The van der Waals surface area contributed by atoms with Gasteiger partial charge in [-0.3, -0.25) is 13.9 Å². The molecule has 11 nitrogen and oxygen atoms in total. The summed E-state index contributed by atoms with van der Waals surface area (Å²) >= 11 is 0. The third-order valence-electron chi connectivity index (χ3n) is 7.50. The summed E-state index contributed by atoms with van der Waals surface area (Å²) in [5.74, 6) is 0.307. The van der Waals surface area contributed by atoms with Crippen LogP contribution >= 0.6 is 0 Å². The number of nitrogens with zero attached hydrogens (tertiary/aromatic N) is 1. The van der Waals surface area contributed by atoms with Gasteiger partial charge in [0, 0.05) is 19.0 Å². The summed E-state index contributed by atoms with van der Waals surface area (Å²) in [6.45, 7) is 3.32. The van der Waals surface area contributed by atoms with Crippen LogP contribution in [0.3, 0.4) is 0 Å². The van der Waals surface area contributed by atoms with Gasteiger partial charge in [-0.2, -0.15) is 8.42 Å². The molecule has 1 aromatic rings. The third-order valence-corrected chi connectivity index (χ3v) is 7.50. The summed E-state index contributed by atoms with van der Waals surface area (Å²) in [6.07, 6.45) is 8.57. The minimum absolute atomic E-state index is 0.140. The summed E-state index contributed by atoms with van der Waals surface area (Å²) in [5.41, 5.74) is -0.405. The van der Waals surface area contributed by atoms with Gasteiger partial charge in [0.2, 0.25) is 0 Å². The Morgan fingerprint density at radius 1 is 1.08 bits per heavy atom. The highest BCUT2D eigenvalue weighted by Crippen LogP contribution is 2.43. The van der Waals surface area contributed by atoms with E-state index < -0.39 is 22.1 Å². The van der Waals surface area contributed by atoms with E-state index in [9.17, 15) is 14.7 Å². The number of alkyl carbamates (subject to hydrolysis) is 1. The molecule has 0 heterocycles. The number of hydrogen-bond acceptors (Lipinski definition) is 8. The first-order chi connectivity index (χ1) is 18.3. The average molecular weight is 573 g/mol. The zero-order valence-corrected chi connectivity index (χ0v) is 24.0. The van der Waals surface area contributed by atoms with E-state index in [0.717, 1.165) is 63.5 Å². The molecule has 1 amide bonds. The van der Waals surface area contributed by atoms with E-state index in [1.165, 1.54) is 0 Å². The zero-order chi connectivity index (χ0) is 29.1. The SMILES string of the molecule is CCOC(=O)NCC1(CC(=O)Oc2cccc([C@@]3(O)CCCC[C@@H]3CN(C)C)c2)CCCCC1.O=S(=O)(O)O. The van der Waals surface area contributed by atoms with Crippen LogP contribution in [-0.2, 0) is 25.5 Å². The Morgan fingerprint density at radius 2 is 1.72 bits per heavy atom. The topological polar surface area (TPSA) is 163 Å². The maximum absolute atomic E-state index is 13.0. The van der Waals surface area contributed by atoms with Gasteiger partial charge in [0.1, 0.15) is 5.75 Å². The Morgan fingerprint density at radius 3 is 2.33 bits per heavy atom. The van der Waals surface area contributed by atoms with Crippen LogP contribution < -0.4 is 10.1 Å². The highest BCUT2D eigenvalue weighted by molar-refractivity contribution is 7.79. The molecule has 0 bridgehead atoms. The Labute approximate surface area is 231 Å². The highest BCUT2D eigenvalue weighted by atomic mass is 32.3. The van der Waals surface area contributed by atoms with E-state index in [0.29, 0.717) is 25.3 Å². The largest absolute Gasteiger partial charge is 0.450 e. The van der Waals surface area contributed by atoms with Crippen molar-refractivity contribution in [2.75, 3.05) is 33.8 Å². The number of aliphatic hydroxyl groups is 1. The van der Waals surface area contributed by atoms with E-state index in [1.807, 2.05) is 32.3 Å². The van der Waals surface area contributed by atoms with E-state index in [1.54, 1.807) is 13.0 Å². The second-order valence-electron chi connectivity index (χ2n) is 10.9. The Bertz CT molecular complexity index is 1030. The monoisotopic (exact) mass is 572 g/mol. The Balaban J connectivity index is 0.000000976. The molecular weight excluding hydrogens is 528 g/mol. The number of amides is 1. The number of esters is 1. The predicted molar refractivity (Wildman–Crippen MR) is 146 cm³/mol. The van der Waals surface area contributed by atoms with Crippen molar-refractivity contribution in [1.82, 2.24) is 10.2 Å². The van der Waals surface area contributed by atoms with Crippen molar-refractivity contribution >= 4 is 22.5 Å². The van der Waals surface area contributed by atoms with Crippen LogP contribution in [0.5, 0.6) is 5.75 Å². The second kappa shape index (κ2) is 14.9. The predicted octanol–water partition coefficient (Wildman–Crippen LogP) is 3.97. The van der Waals surface area contributed by atoms with Gasteiger partial charge < -0.3 is 24.8 Å². The van der Waals surface area contributed by atoms with Crippen molar-refractivity contribution in [3.63, 3.8) is 0 Å². The molecule has 4 N–H and O–H groups in total. The molecular formula is C27H44N2O9S. The molecule has 0 spiro atoms. The van der Waals surface area contributed by atoms with E-state index >= 15 is 0 Å². The Hall–Kier alpha value is -2.25. The van der Waals surface area contributed by atoms with Gasteiger partial charge in [-0.15, -0.1) is 0 Å². The molecule has 39 heavy (non-hydrogen) atoms. The molecule has 0 aromatic heterocycles. The minimum atomic E-state index is -4.67. The minimum Gasteiger partial charge on any atom is -0.450 e. The first kappa shape index (κ1) is 33.0. The van der Waals surface area contributed by atoms with Gasteiger partial charge in [0.05, 0.1) is 18.6 Å². The van der Waals surface area contributed by atoms with E-state index in [4.69, 9.17) is 27.0 Å². The van der Waals surface area contributed by atoms with Crippen LogP contribution in [0.1, 0.15) is 76.7 Å². The maximum atomic E-state index is 13.0. The van der Waals surface area contributed by atoms with Gasteiger partial charge in [-0.05, 0) is 69.8 Å². The average Bonchev–Trinajstić information content (AvgIpc) is 2.84. The summed E-state index contributed by atoms with van der Waals surface area (Å²) in [4.78, 5) is 27.0. The lowest BCUT2D eigenvalue weighted by molar-refractivity contribution is -0.137. The molecule has 0 radical (unpaired) electrons. The summed E-state index contributed by atoms with van der Waals surface area (Å²) in [7, 11) is -0.601. The van der Waals surface area contributed by atoms with Crippen LogP contribution in [0.25, 0.3) is 0 Å². The number of nitrogens with one attached hydrogen (secondary N) is 1. The van der Waals surface area contributed by atoms with Crippen molar-refractivity contribution in [1.29, 1.82) is 0 Å². The smallest absolute Gasteiger partial charge is 0.407 e. The molecule has 2 aliphatic rings. The van der Waals surface area contributed by atoms with Crippen LogP contribution in [0.15, 0.2) is 24.3 Å². The van der Waals surface area contributed by atoms with Gasteiger partial charge in [-0.1, -0.05) is 44.2 Å². The molecule has 3 rings (SSSR count). The molecule has 2 saturated carbocycles. The van der Waals surface area contributed by atoms with Crippen LogP contribution in [0.4, 0.5) is 4.79 Å². The van der Waals surface area contributed by atoms with Gasteiger partial charge in [0.25, 0.3) is 0 Å². The Kier molecular flexibility index (Phi) is 12.6. The fraction of sp³-hybridized carbons (Fsp3) is 0.704. The third kappa shape index (κ3) is 11.4. The summed E-state index contributed by atoms with van der Waals surface area (Å²) < 4.78 is 42.4. The van der Waals surface area contributed by atoms with Crippen molar-refractivity contribution in [3.05, 3.63) is 29.8 Å². The number of rotatable bonds is 9. The lowest BCUT2D eigenvalue weighted by Crippen LogP contribution is -2.43. The van der Waals surface area contributed by atoms with Gasteiger partial charge in [0.15, 0.2) is 0 Å². The normalized spacial score (nSPS) is 22.8. The summed E-state index contributed by atoms with van der Waals surface area (Å²) in [5, 5.41) is 14.5. The molecule has 0 unspecified atom stereocenters. The molecule has 2 aliphatic carbocycles. The van der Waals surface area contributed by atoms with Crippen molar-refractivity contribution in [3.8, 4) is 5.75 Å². The second-order valence-corrected chi connectivity index (χ2v) is 11.8. The number of ether oxygens (including phenoxy) is 2. The lowest BCUT2D eigenvalue weighted by Gasteiger charge is -2.41. The molecule has 12 heteroatoms. The molecule has 1 aromatic carbocycles. The summed E-state index contributed by atoms with van der Waals surface area (Å²) in [6, 6.07) is 7.41. The molecule has 0 saturated heterocycles. The number of benzene rings is 1. The first-order valence-corrected chi connectivity index (χ1v) is 14.9. The quantitative estimate of drug-likeness (QED) is 0.193. The maximum Gasteiger partial charge on any atom is 0.407 e. The molecule has 2 fully saturated rings. The van der Waals surface area contributed by atoms with Gasteiger partial charge >= 0.3 is 22.5 Å². The number of hydrogen-bond donors (Lipinski definition) is 4. The van der Waals surface area contributed by atoms with Crippen LogP contribution in [-0.4, -0.2) is 73.4 Å². The highest BCUT2D eigenvalue weighted by Gasteiger charge is 2.41. The molecule has 0 aliphatic heterocycles. The standard InChI is InChI=1S/C27H42N2O5.H2O4S/c1-4-33-25(31)28-20-26(14-7-5-8-15-26)18-24(30)34-23-13-10-12-21(17-23)27(32)16-9-6-11-22(27)19-29(2)3;1-5(2,3)4/h10,12-13,17,22,32H,4-9,11,14-16,18-20H2,1-3H3,(H,28,31);(H2,1,2,3,4)/t22-,27+;/m1./s1. The molecule has 2 atom stereocenters. The number of carbonyl (C=O) groups is 2. The van der Waals surface area contributed by atoms with E-state index in [-0.39, 0.29) is 23.7 Å². The van der Waals surface area contributed by atoms with Crippen molar-refractivity contribution in [2.24, 2.45) is 11.3 Å². The zero-order valence-electron chi connectivity index (χ0n) is 23.2. The fourth-order valence-electron chi connectivity index (χ4n) is 5.75. The number of carbonyl (C=O) groups excluding carboxylic acids is 2. The van der Waals surface area contributed by atoms with Gasteiger partial charge in [-0.25, -0.2) is 4.79 Å². The fourth-order valence-corrected chi connectivity index (χ4v) is 5.75. The first-order valence-electron chi connectivity index (χ1n) is 13.6.